The molecule has 7 rings (SSSR count). The number of morpholine rings is 1. The van der Waals surface area contributed by atoms with Crippen molar-refractivity contribution in [3.05, 3.63) is 54.7 Å². The zero-order valence-corrected chi connectivity index (χ0v) is 24.4. The predicted molar refractivity (Wildman–Crippen MR) is 164 cm³/mol. The highest BCUT2D eigenvalue weighted by molar-refractivity contribution is 6.00. The third kappa shape index (κ3) is 6.23. The second kappa shape index (κ2) is 12.1. The number of hydrogen-bond acceptors (Lipinski definition) is 8. The van der Waals surface area contributed by atoms with Gasteiger partial charge in [0, 0.05) is 55.3 Å². The molecule has 0 unspecified atom stereocenters. The van der Waals surface area contributed by atoms with Gasteiger partial charge in [0.25, 0.3) is 0 Å². The van der Waals surface area contributed by atoms with E-state index in [1.165, 1.54) is 6.20 Å². The number of nitrogens with one attached hydrogen (secondary N) is 3. The van der Waals surface area contributed by atoms with Crippen molar-refractivity contribution >= 4 is 52.4 Å². The highest BCUT2D eigenvalue weighted by Crippen LogP contribution is 2.36. The Kier molecular flexibility index (Phi) is 8.22. The van der Waals surface area contributed by atoms with Crippen molar-refractivity contribution in [3.8, 4) is 11.4 Å². The fourth-order valence-corrected chi connectivity index (χ4v) is 5.91. The smallest absolute Gasteiger partial charge is 0.374 e. The normalized spacial score (nSPS) is 19.7. The van der Waals surface area contributed by atoms with Crippen molar-refractivity contribution in [2.75, 3.05) is 59.8 Å². The number of benzene rings is 2. The van der Waals surface area contributed by atoms with E-state index in [1.54, 1.807) is 24.3 Å². The van der Waals surface area contributed by atoms with Crippen LogP contribution in [0.2, 0.25) is 0 Å². The number of halogens is 4. The van der Waals surface area contributed by atoms with Gasteiger partial charge in [-0.05, 0) is 55.0 Å². The van der Waals surface area contributed by atoms with Crippen molar-refractivity contribution < 1.29 is 22.7 Å². The van der Waals surface area contributed by atoms with E-state index < -0.39 is 18.8 Å². The lowest BCUT2D eigenvalue weighted by atomic mass is 10.2. The number of alkyl halides is 3. The summed E-state index contributed by atoms with van der Waals surface area (Å²) in [4.78, 5) is 26.3. The maximum absolute atomic E-state index is 13.3. The molecule has 0 spiro atoms. The average Bonchev–Trinajstić information content (AvgIpc) is 3.74. The fraction of sp³-hybridized carbons (Fsp3) is 0.379. The summed E-state index contributed by atoms with van der Waals surface area (Å²) < 4.78 is 46.5. The monoisotopic (exact) mass is 629 g/mol. The Morgan fingerprint density at radius 3 is 2.30 bits per heavy atom. The van der Waals surface area contributed by atoms with Gasteiger partial charge in [-0.15, -0.1) is 12.4 Å². The van der Waals surface area contributed by atoms with E-state index in [0.717, 1.165) is 43.0 Å². The molecule has 2 bridgehead atoms. The van der Waals surface area contributed by atoms with Crippen LogP contribution in [0, 0.1) is 0 Å². The maximum Gasteiger partial charge on any atom is 0.408 e. The molecular formula is C29H31ClF3N9O2. The van der Waals surface area contributed by atoms with Crippen LogP contribution in [0.15, 0.2) is 54.7 Å². The van der Waals surface area contributed by atoms with Gasteiger partial charge in [-0.2, -0.15) is 18.3 Å². The van der Waals surface area contributed by atoms with Crippen LogP contribution in [-0.4, -0.2) is 83.4 Å². The molecule has 3 N–H and O–H groups in total. The summed E-state index contributed by atoms with van der Waals surface area (Å²) in [5.74, 6) is 0.824. The highest BCUT2D eigenvalue weighted by atomic mass is 35.5. The van der Waals surface area contributed by atoms with Crippen molar-refractivity contribution in [2.45, 2.75) is 31.3 Å². The van der Waals surface area contributed by atoms with Gasteiger partial charge >= 0.3 is 12.2 Å². The Morgan fingerprint density at radius 2 is 1.68 bits per heavy atom. The van der Waals surface area contributed by atoms with Gasteiger partial charge < -0.3 is 30.5 Å². The van der Waals surface area contributed by atoms with Gasteiger partial charge in [0.1, 0.15) is 12.4 Å². The van der Waals surface area contributed by atoms with E-state index >= 15 is 0 Å². The zero-order valence-electron chi connectivity index (χ0n) is 23.5. The molecule has 2 amide bonds. The highest BCUT2D eigenvalue weighted by Gasteiger charge is 2.41. The summed E-state index contributed by atoms with van der Waals surface area (Å²) >= 11 is 0. The topological polar surface area (TPSA) is 112 Å². The van der Waals surface area contributed by atoms with E-state index in [4.69, 9.17) is 9.72 Å². The van der Waals surface area contributed by atoms with Crippen LogP contribution < -0.4 is 25.8 Å². The van der Waals surface area contributed by atoms with Crippen molar-refractivity contribution in [1.29, 1.82) is 0 Å². The number of fused-ring (bicyclic) bond motifs is 3. The van der Waals surface area contributed by atoms with Crippen molar-refractivity contribution in [2.24, 2.45) is 0 Å². The third-order valence-electron chi connectivity index (χ3n) is 7.99. The molecule has 44 heavy (non-hydrogen) atoms. The number of anilines is 4. The number of aromatic nitrogens is 4. The molecule has 3 aliphatic rings. The number of rotatable bonds is 6. The molecule has 0 saturated carbocycles. The fourth-order valence-electron chi connectivity index (χ4n) is 5.91. The first kappa shape index (κ1) is 29.9. The molecule has 3 aliphatic heterocycles. The molecule has 4 aromatic rings. The zero-order chi connectivity index (χ0) is 29.6. The quantitative estimate of drug-likeness (QED) is 0.286. The third-order valence-corrected chi connectivity index (χ3v) is 7.99. The number of carbonyl (C=O) groups excluding carboxylic acids is 1. The molecule has 0 aliphatic carbocycles. The minimum Gasteiger partial charge on any atom is -0.374 e. The number of carbonyl (C=O) groups is 1. The Hall–Kier alpha value is -4.14. The van der Waals surface area contributed by atoms with E-state index in [1.807, 2.05) is 24.3 Å². The maximum atomic E-state index is 13.3. The largest absolute Gasteiger partial charge is 0.408 e. The van der Waals surface area contributed by atoms with Gasteiger partial charge in [-0.3, -0.25) is 0 Å². The minimum atomic E-state index is -4.45. The van der Waals surface area contributed by atoms with Crippen molar-refractivity contribution in [1.82, 2.24) is 25.1 Å². The van der Waals surface area contributed by atoms with Crippen LogP contribution in [0.25, 0.3) is 22.4 Å². The number of ether oxygens (including phenoxy) is 1. The molecular weight excluding hydrogens is 599 g/mol. The average molecular weight is 630 g/mol. The van der Waals surface area contributed by atoms with E-state index in [-0.39, 0.29) is 36.0 Å². The molecule has 2 aromatic carbocycles. The Morgan fingerprint density at radius 1 is 1.00 bits per heavy atom. The van der Waals surface area contributed by atoms with E-state index in [2.05, 4.69) is 35.8 Å². The van der Waals surface area contributed by atoms with Crippen LogP contribution in [0.1, 0.15) is 6.42 Å². The molecule has 15 heteroatoms. The predicted octanol–water partition coefficient (Wildman–Crippen LogP) is 4.51. The van der Waals surface area contributed by atoms with Crippen LogP contribution in [0.3, 0.4) is 0 Å². The van der Waals surface area contributed by atoms with Gasteiger partial charge in [0.2, 0.25) is 0 Å². The minimum absolute atomic E-state index is 0. The van der Waals surface area contributed by atoms with Crippen LogP contribution >= 0.6 is 12.4 Å². The Labute approximate surface area is 257 Å². The molecule has 3 fully saturated rings. The van der Waals surface area contributed by atoms with Gasteiger partial charge in [-0.25, -0.2) is 19.4 Å². The first-order valence-corrected chi connectivity index (χ1v) is 14.2. The number of hydrogen-bond donors (Lipinski definition) is 3. The number of urea groups is 1. The lowest BCUT2D eigenvalue weighted by Gasteiger charge is -2.29. The van der Waals surface area contributed by atoms with E-state index in [9.17, 15) is 18.0 Å². The first-order valence-electron chi connectivity index (χ1n) is 14.2. The van der Waals surface area contributed by atoms with Crippen LogP contribution in [-0.2, 0) is 11.3 Å². The summed E-state index contributed by atoms with van der Waals surface area (Å²) in [5.41, 5.74) is 3.03. The lowest BCUT2D eigenvalue weighted by molar-refractivity contribution is -0.141. The molecule has 0 radical (unpaired) electrons. The second-order valence-electron chi connectivity index (χ2n) is 11.0. The molecule has 3 saturated heterocycles. The number of piperazine rings is 1. The Bertz CT molecular complexity index is 1630. The number of nitrogens with zero attached hydrogens (tertiary/aromatic N) is 6. The van der Waals surface area contributed by atoms with Gasteiger partial charge in [0.15, 0.2) is 11.5 Å². The summed E-state index contributed by atoms with van der Waals surface area (Å²) in [6, 6.07) is 14.3. The summed E-state index contributed by atoms with van der Waals surface area (Å²) in [7, 11) is 0. The molecule has 2 aromatic heterocycles. The summed E-state index contributed by atoms with van der Waals surface area (Å²) in [5, 5.41) is 13.4. The standard InChI is InChI=1S/C29H30F3N9O2.ClH/c30-29(31,32)17-41-27-24(14-34-41)26(40-15-23-13-22(40)16-43-23)37-25(38-27)18-1-3-19(4-2-18)35-28(42)36-20-5-7-21(8-6-20)39-11-9-33-10-12-39;/h1-8,14,22-23,33H,9-13,15-17H2,(H2,35,36,42);1H/t22-,23-;/m0./s1. The summed E-state index contributed by atoms with van der Waals surface area (Å²) in [6.45, 7) is 3.67. The van der Waals surface area contributed by atoms with Gasteiger partial charge in [-0.1, -0.05) is 0 Å². The number of amides is 2. The van der Waals surface area contributed by atoms with Crippen molar-refractivity contribution in [3.63, 3.8) is 0 Å². The molecule has 11 nitrogen and oxygen atoms in total. The molecule has 2 atom stereocenters. The SMILES string of the molecule is Cl.O=C(Nc1ccc(-c2nc(N3C[C@@H]4C[C@H]3CO4)c3cnn(CC(F)(F)F)c3n2)cc1)Nc1ccc(N2CCNCC2)cc1. The lowest BCUT2D eigenvalue weighted by Crippen LogP contribution is -2.43. The second-order valence-corrected chi connectivity index (χ2v) is 11.0. The summed E-state index contributed by atoms with van der Waals surface area (Å²) in [6.07, 6.45) is -2.13. The molecule has 5 heterocycles. The van der Waals surface area contributed by atoms with E-state index in [0.29, 0.717) is 41.3 Å². The van der Waals surface area contributed by atoms with Crippen LogP contribution in [0.5, 0.6) is 0 Å². The molecule has 232 valence electrons. The van der Waals surface area contributed by atoms with Gasteiger partial charge in [0.05, 0.1) is 30.3 Å². The first-order chi connectivity index (χ1) is 20.8. The Balaban J connectivity index is 0.00000343. The van der Waals surface area contributed by atoms with Crippen LogP contribution in [0.4, 0.5) is 40.8 Å².